The van der Waals surface area contributed by atoms with Crippen LogP contribution in [0.25, 0.3) is 0 Å². The topological polar surface area (TPSA) is 30.5 Å². The summed E-state index contributed by atoms with van der Waals surface area (Å²) < 4.78 is 10.6. The molecule has 1 aliphatic rings. The minimum absolute atomic E-state index is 0.394. The highest BCUT2D eigenvalue weighted by atomic mass is 16.5. The fourth-order valence-electron chi connectivity index (χ4n) is 3.84. The van der Waals surface area contributed by atoms with Crippen LogP contribution < -0.4 is 5.32 Å². The Morgan fingerprint density at radius 3 is 2.24 bits per heavy atom. The Balaban J connectivity index is 2.63. The van der Waals surface area contributed by atoms with Crippen LogP contribution in [-0.2, 0) is 9.47 Å². The first-order valence-electron chi connectivity index (χ1n) is 8.54. The quantitative estimate of drug-likeness (QED) is 0.693. The molecule has 0 aliphatic heterocycles. The molecule has 1 rings (SSSR count). The second-order valence-corrected chi connectivity index (χ2v) is 8.03. The first kappa shape index (κ1) is 18.9. The maximum absolute atomic E-state index is 5.45. The largest absolute Gasteiger partial charge is 0.384 e. The summed E-state index contributed by atoms with van der Waals surface area (Å²) in [4.78, 5) is 0. The number of methoxy groups -OCH3 is 2. The Kier molecular flexibility index (Phi) is 7.66. The molecule has 0 heterocycles. The molecule has 0 bridgehead atoms. The molecule has 0 spiro atoms. The van der Waals surface area contributed by atoms with Gasteiger partial charge in [0.25, 0.3) is 0 Å². The zero-order valence-electron chi connectivity index (χ0n) is 15.1. The lowest BCUT2D eigenvalue weighted by molar-refractivity contribution is 0.00879. The molecule has 21 heavy (non-hydrogen) atoms. The minimum Gasteiger partial charge on any atom is -0.384 e. The van der Waals surface area contributed by atoms with Crippen molar-refractivity contribution in [2.24, 2.45) is 22.7 Å². The van der Waals surface area contributed by atoms with Crippen molar-refractivity contribution in [1.29, 1.82) is 0 Å². The van der Waals surface area contributed by atoms with Crippen molar-refractivity contribution >= 4 is 0 Å². The monoisotopic (exact) mass is 299 g/mol. The number of nitrogens with one attached hydrogen (secondary N) is 1. The van der Waals surface area contributed by atoms with Gasteiger partial charge in [-0.2, -0.15) is 0 Å². The van der Waals surface area contributed by atoms with Gasteiger partial charge in [-0.3, -0.25) is 0 Å². The van der Waals surface area contributed by atoms with Crippen molar-refractivity contribution in [2.45, 2.75) is 53.4 Å². The average molecular weight is 299 g/mol. The summed E-state index contributed by atoms with van der Waals surface area (Å²) in [6, 6.07) is 0. The van der Waals surface area contributed by atoms with E-state index in [1.54, 1.807) is 7.11 Å². The van der Waals surface area contributed by atoms with E-state index in [4.69, 9.17) is 9.47 Å². The van der Waals surface area contributed by atoms with E-state index >= 15 is 0 Å². The van der Waals surface area contributed by atoms with Gasteiger partial charge in [0.2, 0.25) is 0 Å². The maximum Gasteiger partial charge on any atom is 0.0587 e. The van der Waals surface area contributed by atoms with Crippen LogP contribution in [0, 0.1) is 22.7 Å². The molecule has 3 heteroatoms. The van der Waals surface area contributed by atoms with E-state index in [0.717, 1.165) is 32.2 Å². The second-order valence-electron chi connectivity index (χ2n) is 8.03. The van der Waals surface area contributed by atoms with Crippen molar-refractivity contribution in [3.63, 3.8) is 0 Å². The lowest BCUT2D eigenvalue weighted by Gasteiger charge is -2.47. The summed E-state index contributed by atoms with van der Waals surface area (Å²) in [5.41, 5.74) is 0.839. The van der Waals surface area contributed by atoms with Gasteiger partial charge in [0.05, 0.1) is 6.61 Å². The van der Waals surface area contributed by atoms with Crippen LogP contribution in [0.2, 0.25) is 0 Å². The molecule has 1 saturated carbocycles. The Morgan fingerprint density at radius 1 is 1.14 bits per heavy atom. The average Bonchev–Trinajstić information content (AvgIpc) is 2.43. The lowest BCUT2D eigenvalue weighted by atomic mass is 9.60. The Labute approximate surface area is 132 Å². The SMILES string of the molecule is COCCNCC1(C(C)COC)CCC(C(C)(C)C)CC1. The summed E-state index contributed by atoms with van der Waals surface area (Å²) in [6.07, 6.45) is 5.34. The van der Waals surface area contributed by atoms with Gasteiger partial charge < -0.3 is 14.8 Å². The highest BCUT2D eigenvalue weighted by Crippen LogP contribution is 2.48. The zero-order valence-corrected chi connectivity index (χ0v) is 15.1. The summed E-state index contributed by atoms with van der Waals surface area (Å²) in [7, 11) is 3.59. The molecule has 126 valence electrons. The normalized spacial score (nSPS) is 28.6. The summed E-state index contributed by atoms with van der Waals surface area (Å²) in [5, 5.41) is 3.61. The third-order valence-electron chi connectivity index (χ3n) is 5.63. The molecule has 0 saturated heterocycles. The van der Waals surface area contributed by atoms with Gasteiger partial charge in [-0.05, 0) is 48.3 Å². The fraction of sp³-hybridized carbons (Fsp3) is 1.00. The van der Waals surface area contributed by atoms with Crippen LogP contribution in [0.1, 0.15) is 53.4 Å². The van der Waals surface area contributed by atoms with Gasteiger partial charge in [-0.25, -0.2) is 0 Å². The van der Waals surface area contributed by atoms with Crippen molar-refractivity contribution in [1.82, 2.24) is 5.32 Å². The minimum atomic E-state index is 0.394. The van der Waals surface area contributed by atoms with E-state index in [2.05, 4.69) is 33.0 Å². The van der Waals surface area contributed by atoms with Gasteiger partial charge in [0.1, 0.15) is 0 Å². The number of hydrogen-bond acceptors (Lipinski definition) is 3. The maximum atomic E-state index is 5.45. The van der Waals surface area contributed by atoms with E-state index in [-0.39, 0.29) is 0 Å². The van der Waals surface area contributed by atoms with E-state index in [1.165, 1.54) is 25.7 Å². The van der Waals surface area contributed by atoms with Crippen LogP contribution in [0.3, 0.4) is 0 Å². The molecule has 3 nitrogen and oxygen atoms in total. The van der Waals surface area contributed by atoms with Crippen LogP contribution in [0.15, 0.2) is 0 Å². The summed E-state index contributed by atoms with van der Waals surface area (Å²) in [5.74, 6) is 1.47. The molecule has 1 atom stereocenters. The number of hydrogen-bond donors (Lipinski definition) is 1. The Hall–Kier alpha value is -0.120. The van der Waals surface area contributed by atoms with E-state index in [1.807, 2.05) is 7.11 Å². The molecular weight excluding hydrogens is 262 g/mol. The third-order valence-corrected chi connectivity index (χ3v) is 5.63. The van der Waals surface area contributed by atoms with Crippen LogP contribution in [-0.4, -0.2) is 40.5 Å². The molecule has 1 fully saturated rings. The molecule has 1 unspecified atom stereocenters. The van der Waals surface area contributed by atoms with E-state index < -0.39 is 0 Å². The molecule has 1 N–H and O–H groups in total. The third kappa shape index (κ3) is 5.54. The van der Waals surface area contributed by atoms with Gasteiger partial charge in [-0.15, -0.1) is 0 Å². The highest BCUT2D eigenvalue weighted by Gasteiger charge is 2.41. The molecule has 0 aromatic carbocycles. The zero-order chi connectivity index (χ0) is 15.9. The van der Waals surface area contributed by atoms with Crippen molar-refractivity contribution < 1.29 is 9.47 Å². The van der Waals surface area contributed by atoms with E-state index in [0.29, 0.717) is 16.7 Å². The molecular formula is C18H37NO2. The van der Waals surface area contributed by atoms with Crippen molar-refractivity contribution in [2.75, 3.05) is 40.5 Å². The smallest absolute Gasteiger partial charge is 0.0587 e. The van der Waals surface area contributed by atoms with Gasteiger partial charge in [-0.1, -0.05) is 27.7 Å². The standard InChI is InChI=1S/C18H37NO2/c1-15(13-21-6)18(14-19-11-12-20-5)9-7-16(8-10-18)17(2,3)4/h15-16,19H,7-14H2,1-6H3. The highest BCUT2D eigenvalue weighted by molar-refractivity contribution is 4.93. The van der Waals surface area contributed by atoms with Crippen LogP contribution >= 0.6 is 0 Å². The van der Waals surface area contributed by atoms with Gasteiger partial charge in [0.15, 0.2) is 0 Å². The van der Waals surface area contributed by atoms with Crippen LogP contribution in [0.5, 0.6) is 0 Å². The van der Waals surface area contributed by atoms with Gasteiger partial charge >= 0.3 is 0 Å². The molecule has 1 aliphatic carbocycles. The molecule has 0 aromatic heterocycles. The van der Waals surface area contributed by atoms with Crippen molar-refractivity contribution in [3.05, 3.63) is 0 Å². The predicted octanol–water partition coefficient (Wildman–Crippen LogP) is 3.73. The lowest BCUT2D eigenvalue weighted by Crippen LogP contribution is -2.45. The number of ether oxygens (including phenoxy) is 2. The summed E-state index contributed by atoms with van der Waals surface area (Å²) >= 11 is 0. The number of rotatable bonds is 8. The second kappa shape index (κ2) is 8.50. The van der Waals surface area contributed by atoms with Gasteiger partial charge in [0, 0.05) is 33.9 Å². The predicted molar refractivity (Wildman–Crippen MR) is 89.6 cm³/mol. The van der Waals surface area contributed by atoms with Crippen LogP contribution in [0.4, 0.5) is 0 Å². The Morgan fingerprint density at radius 2 is 1.76 bits per heavy atom. The van der Waals surface area contributed by atoms with Crippen molar-refractivity contribution in [3.8, 4) is 0 Å². The first-order chi connectivity index (χ1) is 9.85. The first-order valence-corrected chi connectivity index (χ1v) is 8.54. The molecule has 0 radical (unpaired) electrons. The fourth-order valence-corrected chi connectivity index (χ4v) is 3.84. The molecule has 0 amide bonds. The molecule has 0 aromatic rings. The van der Waals surface area contributed by atoms with E-state index in [9.17, 15) is 0 Å². The Bertz CT molecular complexity index is 277. The summed E-state index contributed by atoms with van der Waals surface area (Å²) in [6.45, 7) is 13.2.